The van der Waals surface area contributed by atoms with Crippen LogP contribution in [0, 0.1) is 10.1 Å². The lowest BCUT2D eigenvalue weighted by atomic mass is 10.3. The van der Waals surface area contributed by atoms with Gasteiger partial charge in [-0.2, -0.15) is 9.98 Å². The number of aromatic nitrogens is 2. The number of nitrogens with zero attached hydrogens (tertiary/aromatic N) is 4. The van der Waals surface area contributed by atoms with Crippen molar-refractivity contribution in [2.24, 2.45) is 4.99 Å². The number of isothiocyanates is 1. The van der Waals surface area contributed by atoms with Gasteiger partial charge < -0.3 is 5.32 Å². The number of anilines is 2. The molecular weight excluding hydrogens is 337 g/mol. The van der Waals surface area contributed by atoms with E-state index in [0.717, 1.165) is 6.20 Å². The molecule has 0 aliphatic rings. The maximum atomic E-state index is 10.8. The van der Waals surface area contributed by atoms with Crippen LogP contribution in [0.4, 0.5) is 23.1 Å². The molecule has 106 valence electrons. The van der Waals surface area contributed by atoms with Gasteiger partial charge in [-0.05, 0) is 30.4 Å². The number of nitrogens with one attached hydrogen (secondary N) is 1. The van der Waals surface area contributed by atoms with Gasteiger partial charge >= 0.3 is 5.69 Å². The molecule has 1 aromatic carbocycles. The van der Waals surface area contributed by atoms with E-state index in [1.807, 2.05) is 5.16 Å². The fourth-order valence-electron chi connectivity index (χ4n) is 1.38. The van der Waals surface area contributed by atoms with Gasteiger partial charge in [-0.25, -0.2) is 4.98 Å². The highest BCUT2D eigenvalue weighted by molar-refractivity contribution is 7.78. The van der Waals surface area contributed by atoms with Crippen LogP contribution in [0.2, 0.25) is 10.0 Å². The van der Waals surface area contributed by atoms with Gasteiger partial charge in [0.1, 0.15) is 6.20 Å². The molecule has 0 atom stereocenters. The molecule has 0 amide bonds. The number of halogens is 2. The third kappa shape index (κ3) is 3.71. The summed E-state index contributed by atoms with van der Waals surface area (Å²) in [7, 11) is 0. The van der Waals surface area contributed by atoms with Crippen LogP contribution in [0.15, 0.2) is 29.4 Å². The van der Waals surface area contributed by atoms with Gasteiger partial charge in [0.25, 0.3) is 0 Å². The Hall–Kier alpha value is -2.12. The Morgan fingerprint density at radius 2 is 2.14 bits per heavy atom. The van der Waals surface area contributed by atoms with Gasteiger partial charge in [0.2, 0.25) is 11.8 Å². The Kier molecular flexibility index (Phi) is 4.77. The first kappa shape index (κ1) is 15.3. The minimum absolute atomic E-state index is 0.1000. The lowest BCUT2D eigenvalue weighted by molar-refractivity contribution is -0.384. The standard InChI is InChI=1S/C11H5Cl2N5O2S/c12-7-2-1-6(3-8(7)13)16-11-14-4-9(18(19)20)10(17-11)15-5-21/h1-4H,(H,14,16,17). The molecule has 0 fully saturated rings. The summed E-state index contributed by atoms with van der Waals surface area (Å²) in [5.41, 5.74) is 0.197. The van der Waals surface area contributed by atoms with Crippen LogP contribution in [-0.4, -0.2) is 20.1 Å². The number of rotatable bonds is 4. The van der Waals surface area contributed by atoms with Crippen molar-refractivity contribution in [3.63, 3.8) is 0 Å². The minimum atomic E-state index is -0.658. The van der Waals surface area contributed by atoms with E-state index in [1.165, 1.54) is 0 Å². The number of thiocarbonyl (C=S) groups is 1. The summed E-state index contributed by atoms with van der Waals surface area (Å²) in [6.07, 6.45) is 1.03. The Bertz CT molecular complexity index is 764. The molecule has 0 unspecified atom stereocenters. The van der Waals surface area contributed by atoms with E-state index in [2.05, 4.69) is 32.5 Å². The van der Waals surface area contributed by atoms with Crippen molar-refractivity contribution in [1.29, 1.82) is 0 Å². The van der Waals surface area contributed by atoms with E-state index < -0.39 is 4.92 Å². The molecule has 1 aromatic heterocycles. The van der Waals surface area contributed by atoms with Crippen LogP contribution in [0.1, 0.15) is 0 Å². The third-order valence-electron chi connectivity index (χ3n) is 2.27. The number of hydrogen-bond donors (Lipinski definition) is 1. The van der Waals surface area contributed by atoms with Crippen molar-refractivity contribution >= 4 is 63.7 Å². The summed E-state index contributed by atoms with van der Waals surface area (Å²) in [6.45, 7) is 0. The number of hydrogen-bond acceptors (Lipinski definition) is 7. The van der Waals surface area contributed by atoms with Crippen LogP contribution >= 0.6 is 35.4 Å². The fraction of sp³-hybridized carbons (Fsp3) is 0. The quantitative estimate of drug-likeness (QED) is 0.388. The second kappa shape index (κ2) is 6.55. The van der Waals surface area contributed by atoms with Crippen LogP contribution in [0.25, 0.3) is 0 Å². The van der Waals surface area contributed by atoms with E-state index >= 15 is 0 Å². The Morgan fingerprint density at radius 1 is 1.38 bits per heavy atom. The molecule has 7 nitrogen and oxygen atoms in total. The first-order valence-corrected chi connectivity index (χ1v) is 6.49. The predicted molar refractivity (Wildman–Crippen MR) is 83.1 cm³/mol. The van der Waals surface area contributed by atoms with Crippen LogP contribution in [-0.2, 0) is 0 Å². The molecule has 21 heavy (non-hydrogen) atoms. The molecule has 2 rings (SSSR count). The molecule has 1 N–H and O–H groups in total. The van der Waals surface area contributed by atoms with E-state index in [0.29, 0.717) is 15.7 Å². The first-order chi connectivity index (χ1) is 10.0. The Balaban J connectivity index is 2.36. The molecule has 10 heteroatoms. The first-order valence-electron chi connectivity index (χ1n) is 5.32. The van der Waals surface area contributed by atoms with Gasteiger partial charge in [0, 0.05) is 5.69 Å². The molecule has 1 heterocycles. The second-order valence-corrected chi connectivity index (χ2v) is 4.61. The molecule has 0 bridgehead atoms. The van der Waals surface area contributed by atoms with Crippen molar-refractivity contribution in [1.82, 2.24) is 9.97 Å². The van der Waals surface area contributed by atoms with Crippen molar-refractivity contribution in [3.05, 3.63) is 44.6 Å². The van der Waals surface area contributed by atoms with Crippen LogP contribution in [0.5, 0.6) is 0 Å². The van der Waals surface area contributed by atoms with Gasteiger partial charge in [-0.1, -0.05) is 23.2 Å². The summed E-state index contributed by atoms with van der Waals surface area (Å²) in [6, 6.07) is 4.81. The predicted octanol–water partition coefficient (Wildman–Crippen LogP) is 4.17. The van der Waals surface area contributed by atoms with Crippen molar-refractivity contribution in [2.75, 3.05) is 5.32 Å². The smallest absolute Gasteiger partial charge is 0.324 e. The molecule has 0 spiro atoms. The SMILES string of the molecule is O=[N+]([O-])c1cnc(Nc2ccc(Cl)c(Cl)c2)nc1N=C=S. The largest absolute Gasteiger partial charge is 0.332 e. The van der Waals surface area contributed by atoms with Gasteiger partial charge in [-0.15, -0.1) is 0 Å². The molecule has 0 saturated carbocycles. The maximum Gasteiger partial charge on any atom is 0.332 e. The Labute approximate surface area is 133 Å². The van der Waals surface area contributed by atoms with Gasteiger partial charge in [0.05, 0.1) is 20.1 Å². The highest BCUT2D eigenvalue weighted by Gasteiger charge is 2.16. The zero-order valence-electron chi connectivity index (χ0n) is 10.1. The zero-order valence-corrected chi connectivity index (χ0v) is 12.4. The van der Waals surface area contributed by atoms with E-state index in [-0.39, 0.29) is 17.5 Å². The molecule has 0 radical (unpaired) electrons. The van der Waals surface area contributed by atoms with Gasteiger partial charge in [0.15, 0.2) is 0 Å². The summed E-state index contributed by atoms with van der Waals surface area (Å²) in [5, 5.41) is 16.4. The summed E-state index contributed by atoms with van der Waals surface area (Å²) in [5.74, 6) is -0.0875. The fourth-order valence-corrected chi connectivity index (χ4v) is 1.77. The highest BCUT2D eigenvalue weighted by Crippen LogP contribution is 2.28. The minimum Gasteiger partial charge on any atom is -0.324 e. The number of benzene rings is 1. The lowest BCUT2D eigenvalue weighted by Gasteiger charge is -2.06. The Morgan fingerprint density at radius 3 is 2.76 bits per heavy atom. The third-order valence-corrected chi connectivity index (χ3v) is 3.10. The van der Waals surface area contributed by atoms with E-state index in [4.69, 9.17) is 23.2 Å². The molecule has 2 aromatic rings. The monoisotopic (exact) mass is 341 g/mol. The summed E-state index contributed by atoms with van der Waals surface area (Å²) < 4.78 is 0. The zero-order chi connectivity index (χ0) is 15.4. The molecular formula is C11H5Cl2N5O2S. The summed E-state index contributed by atoms with van der Waals surface area (Å²) in [4.78, 5) is 21.4. The highest BCUT2D eigenvalue weighted by atomic mass is 35.5. The second-order valence-electron chi connectivity index (χ2n) is 3.62. The summed E-state index contributed by atoms with van der Waals surface area (Å²) >= 11 is 16.1. The molecule has 0 aliphatic carbocycles. The van der Waals surface area contributed by atoms with E-state index in [9.17, 15) is 10.1 Å². The number of nitro groups is 1. The molecule has 0 saturated heterocycles. The average Bonchev–Trinajstić information content (AvgIpc) is 2.43. The molecule has 0 aliphatic heterocycles. The maximum absolute atomic E-state index is 10.8. The number of aliphatic imine (C=N–C) groups is 1. The van der Waals surface area contributed by atoms with Crippen LogP contribution in [0.3, 0.4) is 0 Å². The normalized spacial score (nSPS) is 9.81. The average molecular weight is 342 g/mol. The van der Waals surface area contributed by atoms with Crippen molar-refractivity contribution in [3.8, 4) is 0 Å². The van der Waals surface area contributed by atoms with Crippen molar-refractivity contribution < 1.29 is 4.92 Å². The lowest BCUT2D eigenvalue weighted by Crippen LogP contribution is -1.99. The topological polar surface area (TPSA) is 93.3 Å². The van der Waals surface area contributed by atoms with Crippen LogP contribution < -0.4 is 5.32 Å². The van der Waals surface area contributed by atoms with E-state index in [1.54, 1.807) is 18.2 Å². The van der Waals surface area contributed by atoms with Crippen molar-refractivity contribution in [2.45, 2.75) is 0 Å². The van der Waals surface area contributed by atoms with Gasteiger partial charge in [-0.3, -0.25) is 10.1 Å².